The first-order chi connectivity index (χ1) is 6.02. The molecule has 0 amide bonds. The predicted molar refractivity (Wildman–Crippen MR) is 58.7 cm³/mol. The molecule has 0 spiro atoms. The third kappa shape index (κ3) is 6.74. The Morgan fingerprint density at radius 3 is 2.69 bits per heavy atom. The van der Waals surface area contributed by atoms with Gasteiger partial charge in [-0.25, -0.2) is 4.79 Å². The van der Waals surface area contributed by atoms with Gasteiger partial charge >= 0.3 is 5.97 Å². The van der Waals surface area contributed by atoms with Gasteiger partial charge in [0.15, 0.2) is 0 Å². The minimum Gasteiger partial charge on any atom is -0.463 e. The molecule has 0 N–H and O–H groups in total. The molecule has 0 aliphatic heterocycles. The normalized spacial score (nSPS) is 11.9. The van der Waals surface area contributed by atoms with Crippen LogP contribution in [0.5, 0.6) is 0 Å². The van der Waals surface area contributed by atoms with E-state index in [-0.39, 0.29) is 15.7 Å². The second kappa shape index (κ2) is 6.12. The molecule has 13 heavy (non-hydrogen) atoms. The van der Waals surface area contributed by atoms with Gasteiger partial charge in [0.2, 0.25) is 8.32 Å². The summed E-state index contributed by atoms with van der Waals surface area (Å²) in [6.45, 7) is 9.57. The van der Waals surface area contributed by atoms with Crippen molar-refractivity contribution in [2.45, 2.75) is 26.1 Å². The Labute approximate surface area is 83.2 Å². The van der Waals surface area contributed by atoms with Crippen LogP contribution in [-0.2, 0) is 13.6 Å². The third-order valence-corrected chi connectivity index (χ3v) is 6.62. The highest BCUT2D eigenvalue weighted by Crippen LogP contribution is 2.04. The van der Waals surface area contributed by atoms with Gasteiger partial charge in [-0.15, -0.1) is 0 Å². The molecule has 0 atom stereocenters. The Morgan fingerprint density at radius 1 is 1.62 bits per heavy atom. The van der Waals surface area contributed by atoms with Crippen LogP contribution < -0.4 is 0 Å². The van der Waals surface area contributed by atoms with Gasteiger partial charge in [0.05, 0.1) is 0 Å². The summed E-state index contributed by atoms with van der Waals surface area (Å²) in [4.78, 5) is 10.8. The van der Waals surface area contributed by atoms with Crippen molar-refractivity contribution in [3.63, 3.8) is 0 Å². The predicted octanol–water partition coefficient (Wildman–Crippen LogP) is 0.998. The summed E-state index contributed by atoms with van der Waals surface area (Å²) in [5, 5.41) is 0. The van der Waals surface area contributed by atoms with Crippen LogP contribution in [0.15, 0.2) is 12.7 Å². The van der Waals surface area contributed by atoms with Crippen LogP contribution in [0.2, 0.25) is 19.1 Å². The van der Waals surface area contributed by atoms with Gasteiger partial charge in [0.25, 0.3) is 0 Å². The fourth-order valence-electron chi connectivity index (χ4n) is 0.724. The van der Waals surface area contributed by atoms with E-state index in [2.05, 4.69) is 26.6 Å². The summed E-state index contributed by atoms with van der Waals surface area (Å²) in [5.41, 5.74) is 0. The number of carbonyl (C=O) groups excluding carboxylic acids is 1. The SMILES string of the molecule is C=CC(=O)OC[Si](C)(C)O[SiH2]CC. The maximum atomic E-state index is 10.8. The van der Waals surface area contributed by atoms with E-state index in [0.29, 0.717) is 6.23 Å². The minimum absolute atomic E-state index is 0.359. The Bertz CT molecular complexity index is 180. The van der Waals surface area contributed by atoms with Crippen molar-refractivity contribution < 1.29 is 13.6 Å². The minimum atomic E-state index is -1.73. The van der Waals surface area contributed by atoms with Gasteiger partial charge in [0, 0.05) is 6.08 Å². The summed E-state index contributed by atoms with van der Waals surface area (Å²) in [7, 11) is -2.12. The average molecular weight is 218 g/mol. The fraction of sp³-hybridized carbons (Fsp3) is 0.625. The zero-order chi connectivity index (χ0) is 10.3. The Hall–Kier alpha value is -0.396. The molecule has 0 rings (SSSR count). The molecule has 0 aliphatic carbocycles. The van der Waals surface area contributed by atoms with Crippen LogP contribution in [0.1, 0.15) is 6.92 Å². The standard InChI is InChI=1S/C8H18O3Si2/c1-5-8(9)10-7-13(3,4)11-12-6-2/h5H,1,6-7,12H2,2-4H3. The lowest BCUT2D eigenvalue weighted by molar-refractivity contribution is -0.136. The van der Waals surface area contributed by atoms with E-state index in [0.717, 1.165) is 6.04 Å². The summed E-state index contributed by atoms with van der Waals surface area (Å²) in [6, 6.07) is 1.13. The average Bonchev–Trinajstić information content (AvgIpc) is 2.11. The Balaban J connectivity index is 3.74. The van der Waals surface area contributed by atoms with Crippen molar-refractivity contribution in [1.29, 1.82) is 0 Å². The largest absolute Gasteiger partial charge is 0.463 e. The first kappa shape index (κ1) is 12.6. The molecular weight excluding hydrogens is 200 g/mol. The second-order valence-corrected chi connectivity index (χ2v) is 9.79. The van der Waals surface area contributed by atoms with E-state index >= 15 is 0 Å². The van der Waals surface area contributed by atoms with Gasteiger partial charge in [-0.1, -0.05) is 13.5 Å². The molecule has 0 heterocycles. The molecule has 0 saturated heterocycles. The summed E-state index contributed by atoms with van der Waals surface area (Å²) < 4.78 is 10.7. The molecule has 0 aromatic heterocycles. The van der Waals surface area contributed by atoms with E-state index < -0.39 is 8.32 Å². The number of hydrogen-bond donors (Lipinski definition) is 0. The quantitative estimate of drug-likeness (QED) is 0.379. The van der Waals surface area contributed by atoms with Crippen molar-refractivity contribution in [1.82, 2.24) is 0 Å². The summed E-state index contributed by atoms with van der Waals surface area (Å²) in [5.74, 6) is -0.359. The molecule has 0 fully saturated rings. The highest BCUT2D eigenvalue weighted by atomic mass is 28.4. The van der Waals surface area contributed by atoms with Crippen molar-refractivity contribution in [2.75, 3.05) is 6.23 Å². The molecule has 3 nitrogen and oxygen atoms in total. The van der Waals surface area contributed by atoms with Crippen LogP contribution in [0.3, 0.4) is 0 Å². The molecule has 0 bridgehead atoms. The summed E-state index contributed by atoms with van der Waals surface area (Å²) in [6.07, 6.45) is 1.62. The van der Waals surface area contributed by atoms with Gasteiger partial charge in [0.1, 0.15) is 16.0 Å². The van der Waals surface area contributed by atoms with E-state index in [1.807, 2.05) is 0 Å². The van der Waals surface area contributed by atoms with E-state index in [1.54, 1.807) is 0 Å². The highest BCUT2D eigenvalue weighted by Gasteiger charge is 2.23. The van der Waals surface area contributed by atoms with Crippen LogP contribution in [-0.4, -0.2) is 30.3 Å². The van der Waals surface area contributed by atoms with Gasteiger partial charge < -0.3 is 8.85 Å². The molecule has 0 aromatic rings. The Kier molecular flexibility index (Phi) is 5.93. The smallest absolute Gasteiger partial charge is 0.329 e. The van der Waals surface area contributed by atoms with E-state index in [4.69, 9.17) is 8.85 Å². The van der Waals surface area contributed by atoms with Gasteiger partial charge in [-0.05, 0) is 19.1 Å². The van der Waals surface area contributed by atoms with Gasteiger partial charge in [-0.2, -0.15) is 0 Å². The number of esters is 1. The Morgan fingerprint density at radius 2 is 2.23 bits per heavy atom. The van der Waals surface area contributed by atoms with Crippen molar-refractivity contribution in [3.8, 4) is 0 Å². The number of carbonyl (C=O) groups is 1. The number of hydrogen-bond acceptors (Lipinski definition) is 3. The third-order valence-electron chi connectivity index (χ3n) is 1.43. The zero-order valence-electron chi connectivity index (χ0n) is 8.63. The van der Waals surface area contributed by atoms with Crippen LogP contribution >= 0.6 is 0 Å². The van der Waals surface area contributed by atoms with Crippen LogP contribution in [0.25, 0.3) is 0 Å². The zero-order valence-corrected chi connectivity index (χ0v) is 11.0. The molecule has 5 heteroatoms. The molecule has 0 saturated carbocycles. The monoisotopic (exact) mass is 218 g/mol. The highest BCUT2D eigenvalue weighted by molar-refractivity contribution is 6.75. The summed E-state index contributed by atoms with van der Waals surface area (Å²) >= 11 is 0. The molecule has 0 aliphatic rings. The molecule has 76 valence electrons. The van der Waals surface area contributed by atoms with Crippen LogP contribution in [0.4, 0.5) is 0 Å². The maximum Gasteiger partial charge on any atom is 0.329 e. The molecular formula is C8H18O3Si2. The van der Waals surface area contributed by atoms with Crippen molar-refractivity contribution in [2.24, 2.45) is 0 Å². The molecule has 0 unspecified atom stereocenters. The van der Waals surface area contributed by atoms with Crippen molar-refractivity contribution >= 4 is 24.0 Å². The first-order valence-electron chi connectivity index (χ1n) is 4.45. The molecule has 0 aromatic carbocycles. The van der Waals surface area contributed by atoms with Crippen LogP contribution in [0, 0.1) is 0 Å². The lowest BCUT2D eigenvalue weighted by Gasteiger charge is -2.22. The lowest BCUT2D eigenvalue weighted by Crippen LogP contribution is -2.38. The topological polar surface area (TPSA) is 35.5 Å². The lowest BCUT2D eigenvalue weighted by atomic mass is 10.7. The second-order valence-electron chi connectivity index (χ2n) is 3.42. The van der Waals surface area contributed by atoms with E-state index in [1.165, 1.54) is 6.08 Å². The number of rotatable bonds is 6. The molecule has 0 radical (unpaired) electrons. The van der Waals surface area contributed by atoms with Gasteiger partial charge in [-0.3, -0.25) is 0 Å². The number of ether oxygens (including phenoxy) is 1. The maximum absolute atomic E-state index is 10.8. The first-order valence-corrected chi connectivity index (χ1v) is 9.14. The van der Waals surface area contributed by atoms with E-state index in [9.17, 15) is 4.79 Å². The van der Waals surface area contributed by atoms with Crippen molar-refractivity contribution in [3.05, 3.63) is 12.7 Å². The fourth-order valence-corrected chi connectivity index (χ4v) is 4.57.